The number of nitrogens with one attached hydrogen (secondary N) is 1. The Balaban J connectivity index is 2.04. The van der Waals surface area contributed by atoms with Crippen molar-refractivity contribution in [1.29, 1.82) is 0 Å². The number of amides is 1. The van der Waals surface area contributed by atoms with Crippen molar-refractivity contribution in [3.63, 3.8) is 0 Å². The summed E-state index contributed by atoms with van der Waals surface area (Å²) in [5.41, 5.74) is 0.861. The highest BCUT2D eigenvalue weighted by Gasteiger charge is 2.14. The summed E-state index contributed by atoms with van der Waals surface area (Å²) < 4.78 is 2.35. The Morgan fingerprint density at radius 3 is 2.95 bits per heavy atom. The lowest BCUT2D eigenvalue weighted by molar-refractivity contribution is -0.119. The van der Waals surface area contributed by atoms with Crippen molar-refractivity contribution in [2.24, 2.45) is 0 Å². The van der Waals surface area contributed by atoms with Crippen molar-refractivity contribution in [2.75, 3.05) is 11.6 Å². The zero-order valence-corrected chi connectivity index (χ0v) is 14.8. The van der Waals surface area contributed by atoms with Gasteiger partial charge in [0.15, 0.2) is 5.82 Å². The van der Waals surface area contributed by atoms with Crippen LogP contribution < -0.4 is 11.2 Å². The number of halogens is 1. The van der Waals surface area contributed by atoms with E-state index in [2.05, 4.69) is 31.4 Å². The third-order valence-corrected chi connectivity index (χ3v) is 4.54. The number of nitrogens with zero attached hydrogens (tertiary/aromatic N) is 3. The van der Waals surface area contributed by atoms with E-state index in [1.807, 2.05) is 38.1 Å². The van der Waals surface area contributed by atoms with Crippen LogP contribution >= 0.6 is 27.7 Å². The molecule has 0 aliphatic rings. The van der Waals surface area contributed by atoms with Crippen LogP contribution in [0.3, 0.4) is 0 Å². The summed E-state index contributed by atoms with van der Waals surface area (Å²) in [5.74, 6) is 6.81. The summed E-state index contributed by atoms with van der Waals surface area (Å²) >= 11 is 4.68. The predicted molar refractivity (Wildman–Crippen MR) is 91.9 cm³/mol. The fourth-order valence-electron chi connectivity index (χ4n) is 1.75. The van der Waals surface area contributed by atoms with Gasteiger partial charge < -0.3 is 11.2 Å². The van der Waals surface area contributed by atoms with Crippen LogP contribution in [0.2, 0.25) is 0 Å². The standard InChI is InChI=1S/C14H18BrN5OS/c1-3-9(2)17-12(21)8-22-14-19-18-13(20(14)16)10-5-4-6-11(15)7-10/h4-7,9H,3,8,16H2,1-2H3,(H,17,21)/t9-/m1/s1. The van der Waals surface area contributed by atoms with Gasteiger partial charge in [0, 0.05) is 16.1 Å². The van der Waals surface area contributed by atoms with E-state index in [0.29, 0.717) is 11.0 Å². The minimum Gasteiger partial charge on any atom is -0.353 e. The number of benzene rings is 1. The van der Waals surface area contributed by atoms with Gasteiger partial charge in [0.2, 0.25) is 11.1 Å². The van der Waals surface area contributed by atoms with Crippen LogP contribution in [0.25, 0.3) is 11.4 Å². The van der Waals surface area contributed by atoms with E-state index in [0.717, 1.165) is 16.5 Å². The van der Waals surface area contributed by atoms with Crippen molar-refractivity contribution < 1.29 is 4.79 Å². The molecule has 8 heteroatoms. The van der Waals surface area contributed by atoms with Crippen LogP contribution in [-0.2, 0) is 4.79 Å². The van der Waals surface area contributed by atoms with Gasteiger partial charge in [-0.05, 0) is 25.5 Å². The molecule has 1 heterocycles. The number of hydrogen-bond acceptors (Lipinski definition) is 5. The topological polar surface area (TPSA) is 85.8 Å². The lowest BCUT2D eigenvalue weighted by atomic mass is 10.2. The van der Waals surface area contributed by atoms with Gasteiger partial charge in [0.1, 0.15) is 0 Å². The second-order valence-corrected chi connectivity index (χ2v) is 6.71. The summed E-state index contributed by atoms with van der Waals surface area (Å²) in [5, 5.41) is 11.6. The van der Waals surface area contributed by atoms with Crippen LogP contribution in [0.4, 0.5) is 0 Å². The number of rotatable bonds is 6. The molecule has 3 N–H and O–H groups in total. The third kappa shape index (κ3) is 4.23. The largest absolute Gasteiger partial charge is 0.353 e. The molecule has 6 nitrogen and oxygen atoms in total. The maximum Gasteiger partial charge on any atom is 0.230 e. The van der Waals surface area contributed by atoms with Crippen LogP contribution in [0.1, 0.15) is 20.3 Å². The summed E-state index contributed by atoms with van der Waals surface area (Å²) in [4.78, 5) is 11.8. The Labute approximate surface area is 142 Å². The number of nitrogens with two attached hydrogens (primary N) is 1. The van der Waals surface area contributed by atoms with E-state index in [9.17, 15) is 4.79 Å². The first-order chi connectivity index (χ1) is 10.5. The van der Waals surface area contributed by atoms with Crippen molar-refractivity contribution in [2.45, 2.75) is 31.5 Å². The van der Waals surface area contributed by atoms with Crippen LogP contribution in [0.5, 0.6) is 0 Å². The molecule has 0 fully saturated rings. The number of hydrogen-bond donors (Lipinski definition) is 2. The zero-order valence-electron chi connectivity index (χ0n) is 12.4. The molecule has 0 aliphatic carbocycles. The van der Waals surface area contributed by atoms with Crippen LogP contribution in [-0.4, -0.2) is 32.6 Å². The summed E-state index contributed by atoms with van der Waals surface area (Å²) in [6, 6.07) is 7.82. The maximum atomic E-state index is 11.8. The van der Waals surface area contributed by atoms with Crippen molar-refractivity contribution in [3.05, 3.63) is 28.7 Å². The first-order valence-electron chi connectivity index (χ1n) is 6.89. The van der Waals surface area contributed by atoms with Gasteiger partial charge in [-0.15, -0.1) is 10.2 Å². The second kappa shape index (κ2) is 7.64. The Morgan fingerprint density at radius 1 is 1.50 bits per heavy atom. The minimum atomic E-state index is -0.0358. The Hall–Kier alpha value is -1.54. The van der Waals surface area contributed by atoms with Gasteiger partial charge in [-0.2, -0.15) is 0 Å². The lowest BCUT2D eigenvalue weighted by Crippen LogP contribution is -2.33. The first kappa shape index (κ1) is 16.8. The van der Waals surface area contributed by atoms with Gasteiger partial charge in [-0.1, -0.05) is 46.7 Å². The molecule has 0 bridgehead atoms. The molecule has 1 amide bonds. The average Bonchev–Trinajstić information content (AvgIpc) is 2.86. The van der Waals surface area contributed by atoms with Crippen molar-refractivity contribution >= 4 is 33.6 Å². The highest BCUT2D eigenvalue weighted by atomic mass is 79.9. The van der Waals surface area contributed by atoms with Gasteiger partial charge in [0.05, 0.1) is 5.75 Å². The average molecular weight is 384 g/mol. The Kier molecular flexibility index (Phi) is 5.84. The Bertz CT molecular complexity index is 660. The molecule has 1 aromatic carbocycles. The molecule has 0 saturated carbocycles. The van der Waals surface area contributed by atoms with Crippen LogP contribution in [0, 0.1) is 0 Å². The van der Waals surface area contributed by atoms with E-state index in [1.54, 1.807) is 0 Å². The molecule has 2 aromatic rings. The molecule has 0 radical (unpaired) electrons. The molecule has 22 heavy (non-hydrogen) atoms. The van der Waals surface area contributed by atoms with Gasteiger partial charge in [-0.3, -0.25) is 4.79 Å². The van der Waals surface area contributed by atoms with Gasteiger partial charge in [-0.25, -0.2) is 4.68 Å². The van der Waals surface area contributed by atoms with E-state index < -0.39 is 0 Å². The van der Waals surface area contributed by atoms with E-state index in [-0.39, 0.29) is 17.7 Å². The van der Waals surface area contributed by atoms with Gasteiger partial charge in [0.25, 0.3) is 0 Å². The van der Waals surface area contributed by atoms with Crippen molar-refractivity contribution in [3.8, 4) is 11.4 Å². The van der Waals surface area contributed by atoms with E-state index >= 15 is 0 Å². The molecular formula is C14H18BrN5OS. The molecular weight excluding hydrogens is 366 g/mol. The molecule has 2 rings (SSSR count). The highest BCUT2D eigenvalue weighted by Crippen LogP contribution is 2.23. The summed E-state index contributed by atoms with van der Waals surface area (Å²) in [6.45, 7) is 4.00. The molecule has 1 aromatic heterocycles. The number of thioether (sulfide) groups is 1. The van der Waals surface area contributed by atoms with Crippen molar-refractivity contribution in [1.82, 2.24) is 20.2 Å². The zero-order chi connectivity index (χ0) is 16.1. The Morgan fingerprint density at radius 2 is 2.27 bits per heavy atom. The molecule has 0 saturated heterocycles. The number of aromatic nitrogens is 3. The molecule has 0 unspecified atom stereocenters. The normalized spacial score (nSPS) is 12.1. The smallest absolute Gasteiger partial charge is 0.230 e. The van der Waals surface area contributed by atoms with E-state index in [1.165, 1.54) is 16.4 Å². The summed E-state index contributed by atoms with van der Waals surface area (Å²) in [7, 11) is 0. The van der Waals surface area contributed by atoms with E-state index in [4.69, 9.17) is 5.84 Å². The second-order valence-electron chi connectivity index (χ2n) is 4.85. The molecule has 0 spiro atoms. The lowest BCUT2D eigenvalue weighted by Gasteiger charge is -2.10. The quantitative estimate of drug-likeness (QED) is 0.590. The summed E-state index contributed by atoms with van der Waals surface area (Å²) in [6.07, 6.45) is 0.899. The monoisotopic (exact) mass is 383 g/mol. The maximum absolute atomic E-state index is 11.8. The molecule has 1 atom stereocenters. The first-order valence-corrected chi connectivity index (χ1v) is 8.67. The number of nitrogen functional groups attached to an aromatic ring is 1. The fraction of sp³-hybridized carbons (Fsp3) is 0.357. The SMILES string of the molecule is CC[C@@H](C)NC(=O)CSc1nnc(-c2cccc(Br)c2)n1N. The van der Waals surface area contributed by atoms with Gasteiger partial charge >= 0.3 is 0 Å². The fourth-order valence-corrected chi connectivity index (χ4v) is 2.82. The molecule has 0 aliphatic heterocycles. The third-order valence-electron chi connectivity index (χ3n) is 3.10. The molecule has 118 valence electrons. The predicted octanol–water partition coefficient (Wildman–Crippen LogP) is 2.43. The van der Waals surface area contributed by atoms with Crippen LogP contribution in [0.15, 0.2) is 33.9 Å². The minimum absolute atomic E-state index is 0.0358. The highest BCUT2D eigenvalue weighted by molar-refractivity contribution is 9.10. The number of carbonyl (C=O) groups excluding carboxylic acids is 1. The number of carbonyl (C=O) groups is 1.